The van der Waals surface area contributed by atoms with Crippen molar-refractivity contribution in [2.75, 3.05) is 19.6 Å². The van der Waals surface area contributed by atoms with E-state index in [-0.39, 0.29) is 11.9 Å². The molecule has 0 spiro atoms. The number of alkyl carbamates (subject to hydrolysis) is 1. The predicted molar refractivity (Wildman–Crippen MR) is 68.0 cm³/mol. The van der Waals surface area contributed by atoms with Crippen molar-refractivity contribution >= 4 is 12.0 Å². The SMILES string of the molecule is CC(C)(C)OC(=O)NCCN1CCCC1C(N)=O. The molecule has 1 aliphatic heterocycles. The third-order valence-corrected chi connectivity index (χ3v) is 2.76. The Morgan fingerprint density at radius 1 is 1.44 bits per heavy atom. The number of nitrogens with two attached hydrogens (primary N) is 1. The third kappa shape index (κ3) is 4.91. The summed E-state index contributed by atoms with van der Waals surface area (Å²) in [6, 6.07) is -0.189. The van der Waals surface area contributed by atoms with Crippen LogP contribution in [0.3, 0.4) is 0 Å². The Hall–Kier alpha value is -1.30. The van der Waals surface area contributed by atoms with Gasteiger partial charge in [0.2, 0.25) is 5.91 Å². The number of likely N-dealkylation sites (tertiary alicyclic amines) is 1. The minimum absolute atomic E-state index is 0.189. The molecular weight excluding hydrogens is 234 g/mol. The van der Waals surface area contributed by atoms with E-state index in [2.05, 4.69) is 5.32 Å². The summed E-state index contributed by atoms with van der Waals surface area (Å²) >= 11 is 0. The van der Waals surface area contributed by atoms with Crippen LogP contribution in [0.1, 0.15) is 33.6 Å². The highest BCUT2D eigenvalue weighted by Crippen LogP contribution is 2.15. The summed E-state index contributed by atoms with van der Waals surface area (Å²) in [6.07, 6.45) is 1.35. The minimum Gasteiger partial charge on any atom is -0.444 e. The van der Waals surface area contributed by atoms with Crippen molar-refractivity contribution in [3.8, 4) is 0 Å². The van der Waals surface area contributed by atoms with Crippen LogP contribution in [-0.2, 0) is 9.53 Å². The average Bonchev–Trinajstić information content (AvgIpc) is 2.62. The van der Waals surface area contributed by atoms with Gasteiger partial charge in [0.05, 0.1) is 6.04 Å². The summed E-state index contributed by atoms with van der Waals surface area (Å²) < 4.78 is 5.12. The number of hydrogen-bond donors (Lipinski definition) is 2. The Balaban J connectivity index is 2.25. The van der Waals surface area contributed by atoms with Gasteiger partial charge in [-0.25, -0.2) is 4.79 Å². The van der Waals surface area contributed by atoms with Gasteiger partial charge in [-0.2, -0.15) is 0 Å². The fraction of sp³-hybridized carbons (Fsp3) is 0.833. The first-order valence-corrected chi connectivity index (χ1v) is 6.30. The van der Waals surface area contributed by atoms with Crippen LogP contribution in [0.25, 0.3) is 0 Å². The van der Waals surface area contributed by atoms with E-state index in [0.717, 1.165) is 19.4 Å². The van der Waals surface area contributed by atoms with Gasteiger partial charge in [-0.05, 0) is 40.2 Å². The first-order chi connectivity index (χ1) is 8.29. The number of primary amides is 1. The Morgan fingerprint density at radius 3 is 2.67 bits per heavy atom. The second-order valence-corrected chi connectivity index (χ2v) is 5.53. The molecule has 6 nitrogen and oxygen atoms in total. The lowest BCUT2D eigenvalue weighted by molar-refractivity contribution is -0.122. The molecule has 0 aromatic heterocycles. The summed E-state index contributed by atoms with van der Waals surface area (Å²) in [4.78, 5) is 24.6. The number of ether oxygens (including phenoxy) is 1. The van der Waals surface area contributed by atoms with Crippen LogP contribution in [0.2, 0.25) is 0 Å². The summed E-state index contributed by atoms with van der Waals surface area (Å²) in [6.45, 7) is 7.37. The number of amides is 2. The van der Waals surface area contributed by atoms with E-state index in [1.165, 1.54) is 0 Å². The van der Waals surface area contributed by atoms with Crippen LogP contribution in [0.15, 0.2) is 0 Å². The molecule has 104 valence electrons. The zero-order chi connectivity index (χ0) is 13.8. The zero-order valence-electron chi connectivity index (χ0n) is 11.4. The van der Waals surface area contributed by atoms with Gasteiger partial charge in [0, 0.05) is 13.1 Å². The third-order valence-electron chi connectivity index (χ3n) is 2.76. The van der Waals surface area contributed by atoms with E-state index in [9.17, 15) is 9.59 Å². The highest BCUT2D eigenvalue weighted by Gasteiger charge is 2.28. The molecular formula is C12H23N3O3. The van der Waals surface area contributed by atoms with E-state index < -0.39 is 11.7 Å². The Kier molecular flexibility index (Phi) is 4.95. The van der Waals surface area contributed by atoms with Crippen molar-refractivity contribution in [3.05, 3.63) is 0 Å². The van der Waals surface area contributed by atoms with Crippen molar-refractivity contribution in [1.82, 2.24) is 10.2 Å². The fourth-order valence-corrected chi connectivity index (χ4v) is 2.03. The van der Waals surface area contributed by atoms with Gasteiger partial charge in [0.1, 0.15) is 5.60 Å². The number of carbonyl (C=O) groups is 2. The Bertz CT molecular complexity index is 312. The molecule has 3 N–H and O–H groups in total. The first-order valence-electron chi connectivity index (χ1n) is 6.30. The van der Waals surface area contributed by atoms with E-state index >= 15 is 0 Å². The molecule has 1 rings (SSSR count). The second kappa shape index (κ2) is 6.04. The Labute approximate surface area is 108 Å². The molecule has 0 aromatic carbocycles. The van der Waals surface area contributed by atoms with Crippen LogP contribution in [0, 0.1) is 0 Å². The first kappa shape index (κ1) is 14.8. The maximum atomic E-state index is 11.4. The smallest absolute Gasteiger partial charge is 0.407 e. The highest BCUT2D eigenvalue weighted by molar-refractivity contribution is 5.80. The summed E-state index contributed by atoms with van der Waals surface area (Å²) in [7, 11) is 0. The van der Waals surface area contributed by atoms with Crippen molar-refractivity contribution in [2.24, 2.45) is 5.73 Å². The molecule has 0 aliphatic carbocycles. The molecule has 1 unspecified atom stereocenters. The zero-order valence-corrected chi connectivity index (χ0v) is 11.4. The lowest BCUT2D eigenvalue weighted by Gasteiger charge is -2.23. The lowest BCUT2D eigenvalue weighted by Crippen LogP contribution is -2.44. The molecule has 18 heavy (non-hydrogen) atoms. The molecule has 1 aliphatic rings. The summed E-state index contributed by atoms with van der Waals surface area (Å²) in [5.41, 5.74) is 4.82. The molecule has 1 fully saturated rings. The molecule has 1 saturated heterocycles. The molecule has 0 saturated carbocycles. The van der Waals surface area contributed by atoms with Gasteiger partial charge in [-0.15, -0.1) is 0 Å². The predicted octanol–water partition coefficient (Wildman–Crippen LogP) is 0.461. The molecule has 1 heterocycles. The topological polar surface area (TPSA) is 84.7 Å². The molecule has 1 atom stereocenters. The van der Waals surface area contributed by atoms with Crippen LogP contribution < -0.4 is 11.1 Å². The number of hydrogen-bond acceptors (Lipinski definition) is 4. The average molecular weight is 257 g/mol. The molecule has 0 bridgehead atoms. The Morgan fingerprint density at radius 2 is 2.11 bits per heavy atom. The van der Waals surface area contributed by atoms with Gasteiger partial charge in [0.15, 0.2) is 0 Å². The molecule has 6 heteroatoms. The number of nitrogens with zero attached hydrogens (tertiary/aromatic N) is 1. The van der Waals surface area contributed by atoms with Gasteiger partial charge < -0.3 is 15.8 Å². The minimum atomic E-state index is -0.493. The van der Waals surface area contributed by atoms with Crippen LogP contribution in [-0.4, -0.2) is 48.2 Å². The number of carbonyl (C=O) groups excluding carboxylic acids is 2. The van der Waals surface area contributed by atoms with Crippen LogP contribution >= 0.6 is 0 Å². The second-order valence-electron chi connectivity index (χ2n) is 5.53. The normalized spacial score (nSPS) is 20.7. The van der Waals surface area contributed by atoms with E-state index in [1.54, 1.807) is 0 Å². The number of nitrogens with one attached hydrogen (secondary N) is 1. The van der Waals surface area contributed by atoms with Crippen LogP contribution in [0.5, 0.6) is 0 Å². The van der Waals surface area contributed by atoms with E-state index in [1.807, 2.05) is 25.7 Å². The van der Waals surface area contributed by atoms with Crippen molar-refractivity contribution in [2.45, 2.75) is 45.3 Å². The largest absolute Gasteiger partial charge is 0.444 e. The fourth-order valence-electron chi connectivity index (χ4n) is 2.03. The van der Waals surface area contributed by atoms with Gasteiger partial charge >= 0.3 is 6.09 Å². The van der Waals surface area contributed by atoms with E-state index in [0.29, 0.717) is 13.1 Å². The lowest BCUT2D eigenvalue weighted by atomic mass is 10.2. The van der Waals surface area contributed by atoms with Crippen molar-refractivity contribution in [1.29, 1.82) is 0 Å². The van der Waals surface area contributed by atoms with Crippen molar-refractivity contribution < 1.29 is 14.3 Å². The van der Waals surface area contributed by atoms with E-state index in [4.69, 9.17) is 10.5 Å². The van der Waals surface area contributed by atoms with Crippen LogP contribution in [0.4, 0.5) is 4.79 Å². The van der Waals surface area contributed by atoms with Gasteiger partial charge in [0.25, 0.3) is 0 Å². The monoisotopic (exact) mass is 257 g/mol. The quantitative estimate of drug-likeness (QED) is 0.766. The van der Waals surface area contributed by atoms with Gasteiger partial charge in [-0.1, -0.05) is 0 Å². The standard InChI is InChI=1S/C12H23N3O3/c1-12(2,3)18-11(17)14-6-8-15-7-4-5-9(15)10(13)16/h9H,4-8H2,1-3H3,(H2,13,16)(H,14,17). The van der Waals surface area contributed by atoms with Gasteiger partial charge in [-0.3, -0.25) is 9.69 Å². The molecule has 0 radical (unpaired) electrons. The summed E-state index contributed by atoms with van der Waals surface area (Å²) in [5, 5.41) is 2.67. The highest BCUT2D eigenvalue weighted by atomic mass is 16.6. The van der Waals surface area contributed by atoms with Crippen molar-refractivity contribution in [3.63, 3.8) is 0 Å². The summed E-state index contributed by atoms with van der Waals surface area (Å²) in [5.74, 6) is -0.287. The molecule has 0 aromatic rings. The number of rotatable bonds is 4. The molecule has 2 amide bonds. The maximum Gasteiger partial charge on any atom is 0.407 e. The maximum absolute atomic E-state index is 11.4.